The zero-order chi connectivity index (χ0) is 6.69. The number of thioether (sulfide) groups is 1. The topological polar surface area (TPSA) is 9.23 Å². The Morgan fingerprint density at radius 1 is 1.78 bits per heavy atom. The number of hydrogen-bond donors (Lipinski definition) is 0. The van der Waals surface area contributed by atoms with Crippen molar-refractivity contribution in [2.75, 3.05) is 11.5 Å². The van der Waals surface area contributed by atoms with Gasteiger partial charge in [0.15, 0.2) is 0 Å². The zero-order valence-corrected chi connectivity index (χ0v) is 6.49. The molecule has 0 aromatic carbocycles. The van der Waals surface area contributed by atoms with Gasteiger partial charge in [0.05, 0.1) is 12.4 Å². The summed E-state index contributed by atoms with van der Waals surface area (Å²) in [4.78, 5) is 0. The molecule has 1 aliphatic heterocycles. The van der Waals surface area contributed by atoms with E-state index in [9.17, 15) is 0 Å². The third kappa shape index (κ3) is 1.65. The fourth-order valence-corrected chi connectivity index (χ4v) is 1.84. The molecule has 0 bridgehead atoms. The molecular formula is C7H12OS. The van der Waals surface area contributed by atoms with Crippen LogP contribution in [0.25, 0.3) is 0 Å². The highest BCUT2D eigenvalue weighted by Gasteiger charge is 2.24. The van der Waals surface area contributed by atoms with E-state index in [1.54, 1.807) is 0 Å². The lowest BCUT2D eigenvalue weighted by molar-refractivity contribution is 0.118. The maximum absolute atomic E-state index is 5.20. The number of rotatable bonds is 3. The Morgan fingerprint density at radius 2 is 2.44 bits per heavy atom. The molecule has 1 aliphatic rings. The standard InChI is InChI=1S/C7H12OS/c1-3-8-6(2)7-4-9-5-7/h3,6-7H,1,4-5H2,2H3. The fourth-order valence-electron chi connectivity index (χ4n) is 0.788. The van der Waals surface area contributed by atoms with Crippen LogP contribution in [0.15, 0.2) is 12.8 Å². The summed E-state index contributed by atoms with van der Waals surface area (Å²) < 4.78 is 5.20. The largest absolute Gasteiger partial charge is 0.499 e. The average Bonchev–Trinajstić information content (AvgIpc) is 1.60. The van der Waals surface area contributed by atoms with Crippen molar-refractivity contribution < 1.29 is 4.74 Å². The molecule has 1 nitrogen and oxygen atoms in total. The zero-order valence-electron chi connectivity index (χ0n) is 5.67. The van der Waals surface area contributed by atoms with Crippen LogP contribution in [0.5, 0.6) is 0 Å². The SMILES string of the molecule is C=COC(C)C1CSC1. The molecule has 1 saturated heterocycles. The summed E-state index contributed by atoms with van der Waals surface area (Å²) in [5.41, 5.74) is 0. The molecule has 1 fully saturated rings. The molecule has 9 heavy (non-hydrogen) atoms. The van der Waals surface area contributed by atoms with E-state index >= 15 is 0 Å². The average molecular weight is 144 g/mol. The first kappa shape index (κ1) is 7.00. The van der Waals surface area contributed by atoms with Crippen molar-refractivity contribution in [3.8, 4) is 0 Å². The summed E-state index contributed by atoms with van der Waals surface area (Å²) in [6, 6.07) is 0. The highest BCUT2D eigenvalue weighted by molar-refractivity contribution is 8.00. The van der Waals surface area contributed by atoms with Gasteiger partial charge in [-0.1, -0.05) is 6.58 Å². The number of ether oxygens (including phenoxy) is 1. The van der Waals surface area contributed by atoms with E-state index in [2.05, 4.69) is 13.5 Å². The van der Waals surface area contributed by atoms with E-state index in [-0.39, 0.29) is 0 Å². The monoisotopic (exact) mass is 144 g/mol. The Balaban J connectivity index is 2.15. The molecule has 1 atom stereocenters. The second-order valence-electron chi connectivity index (χ2n) is 2.31. The summed E-state index contributed by atoms with van der Waals surface area (Å²) in [5.74, 6) is 3.29. The van der Waals surface area contributed by atoms with Gasteiger partial charge in [-0.2, -0.15) is 11.8 Å². The molecule has 1 rings (SSSR count). The molecule has 0 aromatic heterocycles. The van der Waals surface area contributed by atoms with Crippen LogP contribution in [0, 0.1) is 5.92 Å². The third-order valence-corrected chi connectivity index (χ3v) is 2.97. The summed E-state index contributed by atoms with van der Waals surface area (Å²) >= 11 is 1.99. The quantitative estimate of drug-likeness (QED) is 0.559. The minimum Gasteiger partial charge on any atom is -0.499 e. The summed E-state index contributed by atoms with van der Waals surface area (Å²) in [6.07, 6.45) is 1.91. The molecule has 0 aromatic rings. The fraction of sp³-hybridized carbons (Fsp3) is 0.714. The molecule has 0 spiro atoms. The molecule has 1 heterocycles. The van der Waals surface area contributed by atoms with E-state index < -0.39 is 0 Å². The molecule has 0 saturated carbocycles. The first-order valence-electron chi connectivity index (χ1n) is 3.18. The Morgan fingerprint density at radius 3 is 2.78 bits per heavy atom. The predicted molar refractivity (Wildman–Crippen MR) is 41.6 cm³/mol. The second kappa shape index (κ2) is 3.16. The molecule has 0 N–H and O–H groups in total. The van der Waals surface area contributed by atoms with Crippen molar-refractivity contribution in [3.63, 3.8) is 0 Å². The van der Waals surface area contributed by atoms with Gasteiger partial charge >= 0.3 is 0 Å². The molecule has 2 heteroatoms. The second-order valence-corrected chi connectivity index (χ2v) is 3.38. The Labute approximate surface area is 60.5 Å². The predicted octanol–water partition coefficient (Wildman–Crippen LogP) is 1.90. The van der Waals surface area contributed by atoms with Crippen molar-refractivity contribution in [1.29, 1.82) is 0 Å². The minimum absolute atomic E-state index is 0.378. The van der Waals surface area contributed by atoms with Gasteiger partial charge in [0, 0.05) is 17.4 Å². The van der Waals surface area contributed by atoms with Gasteiger partial charge in [-0.05, 0) is 6.92 Å². The van der Waals surface area contributed by atoms with Crippen LogP contribution in [0.1, 0.15) is 6.92 Å². The summed E-state index contributed by atoms with van der Waals surface area (Å²) in [7, 11) is 0. The van der Waals surface area contributed by atoms with Crippen molar-refractivity contribution in [2.24, 2.45) is 5.92 Å². The van der Waals surface area contributed by atoms with Gasteiger partial charge in [-0.25, -0.2) is 0 Å². The van der Waals surface area contributed by atoms with Gasteiger partial charge in [-0.3, -0.25) is 0 Å². The molecular weight excluding hydrogens is 132 g/mol. The smallest absolute Gasteiger partial charge is 0.0993 e. The van der Waals surface area contributed by atoms with Gasteiger partial charge in [0.25, 0.3) is 0 Å². The van der Waals surface area contributed by atoms with Crippen LogP contribution < -0.4 is 0 Å². The Bertz CT molecular complexity index is 99.1. The molecule has 52 valence electrons. The minimum atomic E-state index is 0.378. The van der Waals surface area contributed by atoms with Crippen LogP contribution in [-0.4, -0.2) is 17.6 Å². The van der Waals surface area contributed by atoms with Crippen molar-refractivity contribution in [3.05, 3.63) is 12.8 Å². The summed E-state index contributed by atoms with van der Waals surface area (Å²) in [6.45, 7) is 5.62. The van der Waals surface area contributed by atoms with E-state index in [0.717, 1.165) is 5.92 Å². The normalized spacial score (nSPS) is 22.3. The lowest BCUT2D eigenvalue weighted by Gasteiger charge is -2.29. The maximum atomic E-state index is 5.20. The highest BCUT2D eigenvalue weighted by atomic mass is 32.2. The molecule has 1 unspecified atom stereocenters. The lowest BCUT2D eigenvalue weighted by atomic mass is 10.1. The van der Waals surface area contributed by atoms with E-state index in [1.165, 1.54) is 17.8 Å². The Kier molecular flexibility index (Phi) is 2.46. The van der Waals surface area contributed by atoms with Gasteiger partial charge in [0.1, 0.15) is 0 Å². The van der Waals surface area contributed by atoms with Gasteiger partial charge in [0.2, 0.25) is 0 Å². The Hall–Kier alpha value is -0.110. The van der Waals surface area contributed by atoms with E-state index in [1.807, 2.05) is 11.8 Å². The molecule has 0 radical (unpaired) electrons. The molecule has 0 amide bonds. The van der Waals surface area contributed by atoms with E-state index in [0.29, 0.717) is 6.10 Å². The van der Waals surface area contributed by atoms with Crippen LogP contribution in [0.2, 0.25) is 0 Å². The first-order chi connectivity index (χ1) is 4.34. The van der Waals surface area contributed by atoms with Crippen molar-refractivity contribution in [1.82, 2.24) is 0 Å². The number of hydrogen-bond acceptors (Lipinski definition) is 2. The van der Waals surface area contributed by atoms with Crippen molar-refractivity contribution in [2.45, 2.75) is 13.0 Å². The van der Waals surface area contributed by atoms with Crippen LogP contribution >= 0.6 is 11.8 Å². The van der Waals surface area contributed by atoms with Crippen molar-refractivity contribution >= 4 is 11.8 Å². The summed E-state index contributed by atoms with van der Waals surface area (Å²) in [5, 5.41) is 0. The maximum Gasteiger partial charge on any atom is 0.0993 e. The van der Waals surface area contributed by atoms with Gasteiger partial charge < -0.3 is 4.74 Å². The van der Waals surface area contributed by atoms with Gasteiger partial charge in [-0.15, -0.1) is 0 Å². The van der Waals surface area contributed by atoms with Crippen LogP contribution in [0.4, 0.5) is 0 Å². The lowest BCUT2D eigenvalue weighted by Crippen LogP contribution is -2.30. The highest BCUT2D eigenvalue weighted by Crippen LogP contribution is 2.28. The molecule has 0 aliphatic carbocycles. The van der Waals surface area contributed by atoms with E-state index in [4.69, 9.17) is 4.74 Å². The third-order valence-electron chi connectivity index (χ3n) is 1.64. The van der Waals surface area contributed by atoms with Crippen LogP contribution in [-0.2, 0) is 4.74 Å². The van der Waals surface area contributed by atoms with Crippen LogP contribution in [0.3, 0.4) is 0 Å². The first-order valence-corrected chi connectivity index (χ1v) is 4.34.